The zero-order valence-corrected chi connectivity index (χ0v) is 10.2. The number of rotatable bonds is 1. The van der Waals surface area contributed by atoms with Crippen LogP contribution in [0.4, 0.5) is 0 Å². The molecule has 15 heavy (non-hydrogen) atoms. The molecule has 0 aromatic heterocycles. The second-order valence-corrected chi connectivity index (χ2v) is 5.46. The van der Waals surface area contributed by atoms with Gasteiger partial charge in [0.25, 0.3) is 0 Å². The van der Waals surface area contributed by atoms with E-state index in [4.69, 9.17) is 0 Å². The Labute approximate surface area is 94.4 Å². The van der Waals surface area contributed by atoms with Gasteiger partial charge in [0, 0.05) is 12.6 Å². The summed E-state index contributed by atoms with van der Waals surface area (Å²) in [6.07, 6.45) is 8.62. The minimum atomic E-state index is 0.826. The Hall–Kier alpha value is -0.0800. The molecule has 2 fully saturated rings. The van der Waals surface area contributed by atoms with Crippen LogP contribution in [0.25, 0.3) is 0 Å². The summed E-state index contributed by atoms with van der Waals surface area (Å²) in [7, 11) is 0. The maximum absolute atomic E-state index is 3.58. The Morgan fingerprint density at radius 1 is 0.933 bits per heavy atom. The summed E-state index contributed by atoms with van der Waals surface area (Å²) in [4.78, 5) is 2.75. The van der Waals surface area contributed by atoms with Gasteiger partial charge in [0.05, 0.1) is 0 Å². The lowest BCUT2D eigenvalue weighted by molar-refractivity contribution is 0.134. The summed E-state index contributed by atoms with van der Waals surface area (Å²) >= 11 is 0. The largest absolute Gasteiger partial charge is 0.315 e. The third-order valence-corrected chi connectivity index (χ3v) is 3.95. The summed E-state index contributed by atoms with van der Waals surface area (Å²) < 4.78 is 0. The van der Waals surface area contributed by atoms with Crippen molar-refractivity contribution in [2.24, 2.45) is 5.92 Å². The van der Waals surface area contributed by atoms with Gasteiger partial charge in [0.2, 0.25) is 0 Å². The molecular formula is C13H26N2. The molecule has 2 atom stereocenters. The molecule has 2 heteroatoms. The molecule has 0 aliphatic carbocycles. The van der Waals surface area contributed by atoms with E-state index in [0.717, 1.165) is 12.0 Å². The first-order chi connectivity index (χ1) is 7.36. The third-order valence-electron chi connectivity index (χ3n) is 3.95. The Bertz CT molecular complexity index is 173. The van der Waals surface area contributed by atoms with Crippen molar-refractivity contribution in [2.45, 2.75) is 51.5 Å². The van der Waals surface area contributed by atoms with E-state index in [0.29, 0.717) is 0 Å². The van der Waals surface area contributed by atoms with E-state index in [1.807, 2.05) is 0 Å². The van der Waals surface area contributed by atoms with Crippen LogP contribution in [0.15, 0.2) is 0 Å². The average Bonchev–Trinajstić information content (AvgIpc) is 2.16. The summed E-state index contributed by atoms with van der Waals surface area (Å²) in [6, 6.07) is 0.826. The standard InChI is InChI=1S/C13H26N2/c1-12-9-13(11-14-10-12)15-7-5-3-2-4-6-8-15/h12-14H,2-11H2,1H3. The molecule has 0 amide bonds. The van der Waals surface area contributed by atoms with Gasteiger partial charge in [0.1, 0.15) is 0 Å². The Morgan fingerprint density at radius 2 is 1.60 bits per heavy atom. The maximum atomic E-state index is 3.58. The predicted molar refractivity (Wildman–Crippen MR) is 65.1 cm³/mol. The maximum Gasteiger partial charge on any atom is 0.0223 e. The Balaban J connectivity index is 1.83. The zero-order chi connectivity index (χ0) is 10.5. The van der Waals surface area contributed by atoms with Crippen molar-refractivity contribution in [1.82, 2.24) is 10.2 Å². The molecule has 0 bridgehead atoms. The van der Waals surface area contributed by atoms with Crippen molar-refractivity contribution in [3.8, 4) is 0 Å². The van der Waals surface area contributed by atoms with Crippen LogP contribution >= 0.6 is 0 Å². The van der Waals surface area contributed by atoms with Crippen LogP contribution in [0, 0.1) is 5.92 Å². The van der Waals surface area contributed by atoms with E-state index in [-0.39, 0.29) is 0 Å². The van der Waals surface area contributed by atoms with Crippen LogP contribution in [0.1, 0.15) is 45.4 Å². The van der Waals surface area contributed by atoms with Gasteiger partial charge < -0.3 is 5.32 Å². The molecule has 88 valence electrons. The molecule has 0 aromatic rings. The van der Waals surface area contributed by atoms with E-state index in [1.165, 1.54) is 64.7 Å². The van der Waals surface area contributed by atoms with Crippen LogP contribution in [0.2, 0.25) is 0 Å². The number of hydrogen-bond donors (Lipinski definition) is 1. The minimum Gasteiger partial charge on any atom is -0.315 e. The number of nitrogens with zero attached hydrogens (tertiary/aromatic N) is 1. The van der Waals surface area contributed by atoms with E-state index in [9.17, 15) is 0 Å². The fraction of sp³-hybridized carbons (Fsp3) is 1.00. The first kappa shape index (κ1) is 11.4. The Morgan fingerprint density at radius 3 is 2.27 bits per heavy atom. The van der Waals surface area contributed by atoms with Gasteiger partial charge in [-0.15, -0.1) is 0 Å². The lowest BCUT2D eigenvalue weighted by Crippen LogP contribution is -2.49. The highest BCUT2D eigenvalue weighted by molar-refractivity contribution is 4.82. The van der Waals surface area contributed by atoms with Crippen molar-refractivity contribution in [3.63, 3.8) is 0 Å². The highest BCUT2D eigenvalue weighted by atomic mass is 15.2. The molecule has 2 unspecified atom stereocenters. The molecule has 0 radical (unpaired) electrons. The molecule has 2 rings (SSSR count). The predicted octanol–water partition coefficient (Wildman–Crippen LogP) is 2.25. The lowest BCUT2D eigenvalue weighted by atomic mass is 9.95. The fourth-order valence-electron chi connectivity index (χ4n) is 3.04. The van der Waals surface area contributed by atoms with Gasteiger partial charge in [-0.25, -0.2) is 0 Å². The number of nitrogens with one attached hydrogen (secondary N) is 1. The van der Waals surface area contributed by atoms with Crippen LogP contribution < -0.4 is 5.32 Å². The van der Waals surface area contributed by atoms with Crippen LogP contribution in [-0.2, 0) is 0 Å². The third kappa shape index (κ3) is 3.46. The molecule has 2 aliphatic heterocycles. The van der Waals surface area contributed by atoms with Gasteiger partial charge in [-0.05, 0) is 44.8 Å². The van der Waals surface area contributed by atoms with Crippen LogP contribution in [-0.4, -0.2) is 37.1 Å². The number of hydrogen-bond acceptors (Lipinski definition) is 2. The first-order valence-electron chi connectivity index (χ1n) is 6.81. The molecule has 2 aliphatic rings. The average molecular weight is 210 g/mol. The summed E-state index contributed by atoms with van der Waals surface area (Å²) in [5, 5.41) is 3.58. The molecular weight excluding hydrogens is 184 g/mol. The smallest absolute Gasteiger partial charge is 0.0223 e. The summed E-state index contributed by atoms with van der Waals surface area (Å²) in [5.41, 5.74) is 0. The second-order valence-electron chi connectivity index (χ2n) is 5.46. The molecule has 0 spiro atoms. The Kier molecular flexibility index (Phi) is 4.45. The fourth-order valence-corrected chi connectivity index (χ4v) is 3.04. The number of likely N-dealkylation sites (tertiary alicyclic amines) is 1. The van der Waals surface area contributed by atoms with Gasteiger partial charge >= 0.3 is 0 Å². The molecule has 2 nitrogen and oxygen atoms in total. The quantitative estimate of drug-likeness (QED) is 0.714. The van der Waals surface area contributed by atoms with Crippen molar-refractivity contribution in [2.75, 3.05) is 26.2 Å². The van der Waals surface area contributed by atoms with E-state index in [2.05, 4.69) is 17.1 Å². The lowest BCUT2D eigenvalue weighted by Gasteiger charge is -2.38. The molecule has 1 N–H and O–H groups in total. The van der Waals surface area contributed by atoms with Gasteiger partial charge in [-0.1, -0.05) is 26.2 Å². The highest BCUT2D eigenvalue weighted by Crippen LogP contribution is 2.19. The van der Waals surface area contributed by atoms with Crippen LogP contribution in [0.3, 0.4) is 0 Å². The topological polar surface area (TPSA) is 15.3 Å². The second kappa shape index (κ2) is 5.86. The van der Waals surface area contributed by atoms with Crippen molar-refractivity contribution in [1.29, 1.82) is 0 Å². The number of piperidine rings is 1. The van der Waals surface area contributed by atoms with E-state index in [1.54, 1.807) is 0 Å². The van der Waals surface area contributed by atoms with E-state index >= 15 is 0 Å². The van der Waals surface area contributed by atoms with E-state index < -0.39 is 0 Å². The zero-order valence-electron chi connectivity index (χ0n) is 10.2. The van der Waals surface area contributed by atoms with Crippen molar-refractivity contribution in [3.05, 3.63) is 0 Å². The molecule has 2 saturated heterocycles. The summed E-state index contributed by atoms with van der Waals surface area (Å²) in [5.74, 6) is 0.870. The minimum absolute atomic E-state index is 0.826. The van der Waals surface area contributed by atoms with Gasteiger partial charge in [0.15, 0.2) is 0 Å². The first-order valence-corrected chi connectivity index (χ1v) is 6.81. The monoisotopic (exact) mass is 210 g/mol. The molecule has 0 saturated carbocycles. The summed E-state index contributed by atoms with van der Waals surface area (Å²) in [6.45, 7) is 7.52. The van der Waals surface area contributed by atoms with Crippen molar-refractivity contribution < 1.29 is 0 Å². The normalized spacial score (nSPS) is 35.8. The van der Waals surface area contributed by atoms with Gasteiger partial charge in [-0.3, -0.25) is 4.90 Å². The van der Waals surface area contributed by atoms with Crippen LogP contribution in [0.5, 0.6) is 0 Å². The molecule has 2 heterocycles. The van der Waals surface area contributed by atoms with Crippen molar-refractivity contribution >= 4 is 0 Å². The highest BCUT2D eigenvalue weighted by Gasteiger charge is 2.24. The van der Waals surface area contributed by atoms with Gasteiger partial charge in [-0.2, -0.15) is 0 Å². The SMILES string of the molecule is CC1CNCC(N2CCCCCCC2)C1. The molecule has 0 aromatic carbocycles.